The fraction of sp³-hybridized carbons (Fsp3) is 0.130. The van der Waals surface area contributed by atoms with Crippen LogP contribution in [-0.2, 0) is 14.4 Å². The normalized spacial score (nSPS) is 21.6. The van der Waals surface area contributed by atoms with Gasteiger partial charge in [-0.15, -0.1) is 0 Å². The molecule has 2 amide bonds. The van der Waals surface area contributed by atoms with Gasteiger partial charge in [0, 0.05) is 18.2 Å². The van der Waals surface area contributed by atoms with Crippen molar-refractivity contribution in [2.24, 2.45) is 5.92 Å². The first-order chi connectivity index (χ1) is 16.4. The number of nitro groups is 2. The van der Waals surface area contributed by atoms with Crippen LogP contribution in [0.2, 0.25) is 0 Å². The number of fused-ring (bicyclic) bond motifs is 1. The summed E-state index contributed by atoms with van der Waals surface area (Å²) in [6.45, 7) is 0. The van der Waals surface area contributed by atoms with E-state index in [-0.39, 0.29) is 22.6 Å². The fourth-order valence-corrected chi connectivity index (χ4v) is 4.41. The van der Waals surface area contributed by atoms with E-state index in [1.54, 1.807) is 36.4 Å². The first-order valence-corrected chi connectivity index (χ1v) is 10.2. The highest BCUT2D eigenvalue weighted by atomic mass is 16.7. The Kier molecular flexibility index (Phi) is 5.02. The first-order valence-electron chi connectivity index (χ1n) is 10.2. The quantitative estimate of drug-likeness (QED) is 0.320. The van der Waals surface area contributed by atoms with Crippen molar-refractivity contribution in [3.05, 3.63) is 105 Å². The Labute approximate surface area is 192 Å². The number of benzene rings is 3. The Morgan fingerprint density at radius 2 is 1.38 bits per heavy atom. The van der Waals surface area contributed by atoms with Crippen molar-refractivity contribution in [3.63, 3.8) is 0 Å². The third-order valence-electron chi connectivity index (χ3n) is 5.90. The molecule has 11 nitrogen and oxygen atoms in total. The highest BCUT2D eigenvalue weighted by Gasteiger charge is 2.61. The molecule has 3 aromatic carbocycles. The fourth-order valence-electron chi connectivity index (χ4n) is 4.41. The zero-order chi connectivity index (χ0) is 24.0. The van der Waals surface area contributed by atoms with Gasteiger partial charge in [0.1, 0.15) is 12.0 Å². The molecule has 3 unspecified atom stereocenters. The molecular weight excluding hydrogens is 444 g/mol. The van der Waals surface area contributed by atoms with Crippen LogP contribution in [0.25, 0.3) is 0 Å². The standard InChI is InChI=1S/C23H16N4O7/c28-22-19-20(17-8-4-5-9-18(17)27(32)33)25(15-6-2-1-3-7-15)34-21(19)23(29)24(22)14-10-12-16(13-11-14)26(30)31/h1-13,19-21H. The maximum absolute atomic E-state index is 13.6. The molecule has 170 valence electrons. The Bertz CT molecular complexity index is 1310. The number of anilines is 2. The van der Waals surface area contributed by atoms with E-state index < -0.39 is 39.7 Å². The average molecular weight is 460 g/mol. The minimum absolute atomic E-state index is 0.158. The third kappa shape index (κ3) is 3.26. The van der Waals surface area contributed by atoms with Crippen LogP contribution in [0.15, 0.2) is 78.9 Å². The smallest absolute Gasteiger partial charge is 0.273 e. The lowest BCUT2D eigenvalue weighted by Gasteiger charge is -2.28. The molecule has 0 aliphatic carbocycles. The molecule has 2 aliphatic rings. The predicted molar refractivity (Wildman–Crippen MR) is 119 cm³/mol. The van der Waals surface area contributed by atoms with Gasteiger partial charge in [-0.3, -0.25) is 34.7 Å². The second kappa shape index (κ2) is 8.05. The number of para-hydroxylation sites is 2. The maximum atomic E-state index is 13.6. The molecule has 11 heteroatoms. The highest BCUT2D eigenvalue weighted by molar-refractivity contribution is 6.24. The Morgan fingerprint density at radius 1 is 0.735 bits per heavy atom. The Hall–Kier alpha value is -4.64. The molecule has 2 saturated heterocycles. The molecule has 3 aromatic rings. The lowest BCUT2D eigenvalue weighted by Crippen LogP contribution is -2.37. The summed E-state index contributed by atoms with van der Waals surface area (Å²) >= 11 is 0. The average Bonchev–Trinajstić information content (AvgIpc) is 3.35. The molecule has 2 heterocycles. The number of hydrogen-bond acceptors (Lipinski definition) is 8. The molecule has 0 spiro atoms. The molecular formula is C23H16N4O7. The van der Waals surface area contributed by atoms with Gasteiger partial charge in [0.15, 0.2) is 6.10 Å². The van der Waals surface area contributed by atoms with Crippen LogP contribution in [0.5, 0.6) is 0 Å². The van der Waals surface area contributed by atoms with E-state index in [1.807, 2.05) is 0 Å². The van der Waals surface area contributed by atoms with E-state index in [0.717, 1.165) is 4.90 Å². The van der Waals surface area contributed by atoms with Gasteiger partial charge in [-0.2, -0.15) is 0 Å². The minimum atomic E-state index is -1.22. The van der Waals surface area contributed by atoms with Gasteiger partial charge in [-0.1, -0.05) is 30.3 Å². The molecule has 2 aliphatic heterocycles. The number of carbonyl (C=O) groups excluding carboxylic acids is 2. The van der Waals surface area contributed by atoms with Gasteiger partial charge >= 0.3 is 0 Å². The number of hydroxylamine groups is 1. The van der Waals surface area contributed by atoms with Crippen molar-refractivity contribution in [3.8, 4) is 0 Å². The zero-order valence-electron chi connectivity index (χ0n) is 17.4. The van der Waals surface area contributed by atoms with Gasteiger partial charge < -0.3 is 0 Å². The van der Waals surface area contributed by atoms with Gasteiger partial charge in [0.2, 0.25) is 5.91 Å². The summed E-state index contributed by atoms with van der Waals surface area (Å²) in [5.74, 6) is -2.32. The monoisotopic (exact) mass is 460 g/mol. The summed E-state index contributed by atoms with van der Waals surface area (Å²) in [7, 11) is 0. The van der Waals surface area contributed by atoms with Crippen LogP contribution in [0.3, 0.4) is 0 Å². The maximum Gasteiger partial charge on any atom is 0.274 e. The van der Waals surface area contributed by atoms with Gasteiger partial charge in [0.25, 0.3) is 17.3 Å². The number of non-ortho nitro benzene ring substituents is 1. The first kappa shape index (κ1) is 21.2. The summed E-state index contributed by atoms with van der Waals surface area (Å²) in [6, 6.07) is 18.8. The predicted octanol–water partition coefficient (Wildman–Crippen LogP) is 3.55. The Morgan fingerprint density at radius 3 is 2.03 bits per heavy atom. The van der Waals surface area contributed by atoms with Crippen LogP contribution < -0.4 is 9.96 Å². The number of carbonyl (C=O) groups is 2. The van der Waals surface area contributed by atoms with Crippen molar-refractivity contribution < 1.29 is 24.3 Å². The second-order valence-corrected chi connectivity index (χ2v) is 7.76. The van der Waals surface area contributed by atoms with E-state index in [1.165, 1.54) is 47.5 Å². The Balaban J connectivity index is 1.60. The van der Waals surface area contributed by atoms with Crippen LogP contribution in [0.4, 0.5) is 22.7 Å². The van der Waals surface area contributed by atoms with Crippen LogP contribution >= 0.6 is 0 Å². The van der Waals surface area contributed by atoms with E-state index in [9.17, 15) is 29.8 Å². The van der Waals surface area contributed by atoms with E-state index in [4.69, 9.17) is 4.84 Å². The number of amides is 2. The topological polar surface area (TPSA) is 136 Å². The van der Waals surface area contributed by atoms with E-state index >= 15 is 0 Å². The summed E-state index contributed by atoms with van der Waals surface area (Å²) in [5.41, 5.74) is 0.531. The van der Waals surface area contributed by atoms with Crippen LogP contribution in [0.1, 0.15) is 11.6 Å². The van der Waals surface area contributed by atoms with Crippen molar-refractivity contribution in [1.29, 1.82) is 0 Å². The van der Waals surface area contributed by atoms with Gasteiger partial charge in [-0.25, -0.2) is 9.96 Å². The van der Waals surface area contributed by atoms with Crippen molar-refractivity contribution >= 4 is 34.6 Å². The van der Waals surface area contributed by atoms with Crippen LogP contribution in [0, 0.1) is 26.1 Å². The van der Waals surface area contributed by atoms with Crippen molar-refractivity contribution in [2.45, 2.75) is 12.1 Å². The molecule has 0 N–H and O–H groups in total. The highest BCUT2D eigenvalue weighted by Crippen LogP contribution is 2.49. The second-order valence-electron chi connectivity index (χ2n) is 7.76. The van der Waals surface area contributed by atoms with Gasteiger partial charge in [-0.05, 0) is 30.3 Å². The van der Waals surface area contributed by atoms with E-state index in [2.05, 4.69) is 0 Å². The van der Waals surface area contributed by atoms with Gasteiger partial charge in [0.05, 0.1) is 26.8 Å². The molecule has 0 radical (unpaired) electrons. The summed E-state index contributed by atoms with van der Waals surface area (Å²) in [6.07, 6.45) is -1.22. The number of nitrogens with zero attached hydrogens (tertiary/aromatic N) is 4. The number of rotatable bonds is 5. The summed E-state index contributed by atoms with van der Waals surface area (Å²) < 4.78 is 0. The SMILES string of the molecule is O=C1C2ON(c3ccccc3)C(c3ccccc3[N+](=O)[O-])C2C(=O)N1c1ccc([N+](=O)[O-])cc1. The van der Waals surface area contributed by atoms with Crippen molar-refractivity contribution in [2.75, 3.05) is 9.96 Å². The summed E-state index contributed by atoms with van der Waals surface area (Å²) in [5, 5.41) is 24.1. The molecule has 0 aromatic heterocycles. The molecule has 34 heavy (non-hydrogen) atoms. The number of imide groups is 1. The lowest BCUT2D eigenvalue weighted by molar-refractivity contribution is -0.385. The van der Waals surface area contributed by atoms with E-state index in [0.29, 0.717) is 5.69 Å². The minimum Gasteiger partial charge on any atom is -0.273 e. The van der Waals surface area contributed by atoms with Crippen LogP contribution in [-0.4, -0.2) is 27.8 Å². The molecule has 5 rings (SSSR count). The van der Waals surface area contributed by atoms with Crippen molar-refractivity contribution in [1.82, 2.24) is 0 Å². The third-order valence-corrected chi connectivity index (χ3v) is 5.90. The number of hydrogen-bond donors (Lipinski definition) is 0. The number of nitro benzene ring substituents is 2. The molecule has 3 atom stereocenters. The molecule has 2 fully saturated rings. The molecule has 0 bridgehead atoms. The molecule has 0 saturated carbocycles. The zero-order valence-corrected chi connectivity index (χ0v) is 17.4. The lowest BCUT2D eigenvalue weighted by atomic mass is 9.89. The largest absolute Gasteiger partial charge is 0.274 e. The summed E-state index contributed by atoms with van der Waals surface area (Å²) in [4.78, 5) is 55.3.